The Kier molecular flexibility index (Phi) is 4.83. The van der Waals surface area contributed by atoms with Gasteiger partial charge in [-0.1, -0.05) is 18.2 Å². The van der Waals surface area contributed by atoms with Crippen molar-refractivity contribution in [3.8, 4) is 5.75 Å². The molecule has 0 aliphatic heterocycles. The number of rotatable bonds is 5. The smallest absolute Gasteiger partial charge is 0.358 e. The van der Waals surface area contributed by atoms with Crippen LogP contribution >= 0.6 is 0 Å². The van der Waals surface area contributed by atoms with E-state index in [0.29, 0.717) is 17.5 Å². The summed E-state index contributed by atoms with van der Waals surface area (Å²) >= 11 is 0. The first-order valence-corrected chi connectivity index (χ1v) is 6.82. The lowest BCUT2D eigenvalue weighted by atomic mass is 10.2. The monoisotopic (exact) mass is 303 g/mol. The van der Waals surface area contributed by atoms with E-state index in [1.54, 1.807) is 41.8 Å². The number of aromatic hydroxyl groups is 1. The Morgan fingerprint density at radius 1 is 1.32 bits per heavy atom. The van der Waals surface area contributed by atoms with E-state index in [2.05, 4.69) is 0 Å². The minimum Gasteiger partial charge on any atom is -0.505 e. The molecule has 1 aromatic carbocycles. The van der Waals surface area contributed by atoms with Crippen molar-refractivity contribution in [2.45, 2.75) is 13.5 Å². The molecular formula is C16H17NO5. The van der Waals surface area contributed by atoms with Gasteiger partial charge in [-0.2, -0.15) is 0 Å². The summed E-state index contributed by atoms with van der Waals surface area (Å²) in [5.74, 6) is -1.23. The Bertz CT molecular complexity index is 729. The Morgan fingerprint density at radius 2 is 2.05 bits per heavy atom. The van der Waals surface area contributed by atoms with E-state index in [1.807, 2.05) is 0 Å². The van der Waals surface area contributed by atoms with Crippen LogP contribution in [-0.2, 0) is 20.8 Å². The summed E-state index contributed by atoms with van der Waals surface area (Å²) < 4.78 is 11.1. The highest BCUT2D eigenvalue weighted by Gasteiger charge is 2.22. The van der Waals surface area contributed by atoms with E-state index < -0.39 is 11.9 Å². The molecule has 1 heterocycles. The number of esters is 2. The number of methoxy groups -OCH3 is 1. The van der Waals surface area contributed by atoms with Gasteiger partial charge < -0.3 is 19.1 Å². The van der Waals surface area contributed by atoms with Gasteiger partial charge in [-0.05, 0) is 19.1 Å². The molecule has 116 valence electrons. The van der Waals surface area contributed by atoms with Crippen LogP contribution in [0.15, 0.2) is 36.4 Å². The normalized spacial score (nSPS) is 11.0. The van der Waals surface area contributed by atoms with Gasteiger partial charge in [0.2, 0.25) is 0 Å². The number of benzene rings is 1. The summed E-state index contributed by atoms with van der Waals surface area (Å²) in [6.45, 7) is 2.24. The third kappa shape index (κ3) is 2.95. The van der Waals surface area contributed by atoms with E-state index in [1.165, 1.54) is 13.2 Å². The maximum atomic E-state index is 11.9. The molecule has 22 heavy (non-hydrogen) atoms. The van der Waals surface area contributed by atoms with E-state index in [-0.39, 0.29) is 18.0 Å². The van der Waals surface area contributed by atoms with Gasteiger partial charge in [0.15, 0.2) is 11.4 Å². The number of para-hydroxylation sites is 1. The second kappa shape index (κ2) is 6.80. The number of nitrogens with zero attached hydrogens (tertiary/aromatic N) is 1. The van der Waals surface area contributed by atoms with Crippen molar-refractivity contribution in [2.75, 3.05) is 13.7 Å². The van der Waals surface area contributed by atoms with E-state index >= 15 is 0 Å². The number of carbonyl (C=O) groups excluding carboxylic acids is 2. The van der Waals surface area contributed by atoms with Gasteiger partial charge in [0, 0.05) is 18.0 Å². The number of fused-ring (bicyclic) bond motifs is 1. The van der Waals surface area contributed by atoms with Crippen LogP contribution in [0.1, 0.15) is 17.4 Å². The maximum absolute atomic E-state index is 11.9. The number of hydrogen-bond donors (Lipinski definition) is 1. The zero-order valence-corrected chi connectivity index (χ0v) is 12.4. The van der Waals surface area contributed by atoms with Crippen molar-refractivity contribution in [1.82, 2.24) is 4.57 Å². The van der Waals surface area contributed by atoms with Crippen molar-refractivity contribution in [3.05, 3.63) is 42.1 Å². The van der Waals surface area contributed by atoms with Crippen LogP contribution in [0.2, 0.25) is 0 Å². The van der Waals surface area contributed by atoms with Gasteiger partial charge in [-0.15, -0.1) is 0 Å². The molecule has 0 saturated heterocycles. The van der Waals surface area contributed by atoms with E-state index in [9.17, 15) is 14.7 Å². The van der Waals surface area contributed by atoms with Crippen molar-refractivity contribution in [1.29, 1.82) is 0 Å². The first-order valence-electron chi connectivity index (χ1n) is 6.82. The average molecular weight is 303 g/mol. The molecule has 0 aliphatic carbocycles. The number of carbonyl (C=O) groups is 2. The largest absolute Gasteiger partial charge is 0.505 e. The lowest BCUT2D eigenvalue weighted by molar-refractivity contribution is -0.137. The highest BCUT2D eigenvalue weighted by Crippen LogP contribution is 2.32. The molecule has 0 fully saturated rings. The fraction of sp³-hybridized carbons (Fsp3) is 0.250. The molecule has 0 spiro atoms. The molecule has 0 unspecified atom stereocenters. The van der Waals surface area contributed by atoms with Gasteiger partial charge in [-0.25, -0.2) is 9.59 Å². The van der Waals surface area contributed by atoms with Crippen molar-refractivity contribution < 1.29 is 24.2 Å². The average Bonchev–Trinajstić information content (AvgIpc) is 2.80. The molecule has 0 bridgehead atoms. The number of allylic oxidation sites excluding steroid dienone is 1. The molecule has 0 aliphatic rings. The van der Waals surface area contributed by atoms with Gasteiger partial charge in [0.05, 0.1) is 19.2 Å². The number of hydrogen-bond acceptors (Lipinski definition) is 5. The zero-order valence-electron chi connectivity index (χ0n) is 12.4. The van der Waals surface area contributed by atoms with Crippen LogP contribution in [0.4, 0.5) is 0 Å². The van der Waals surface area contributed by atoms with Crippen LogP contribution in [0.5, 0.6) is 5.75 Å². The number of ether oxygens (including phenoxy) is 2. The fourth-order valence-electron chi connectivity index (χ4n) is 2.22. The van der Waals surface area contributed by atoms with Crippen LogP contribution in [0.3, 0.4) is 0 Å². The van der Waals surface area contributed by atoms with Gasteiger partial charge in [-0.3, -0.25) is 0 Å². The minimum absolute atomic E-state index is 0.0530. The van der Waals surface area contributed by atoms with Crippen LogP contribution < -0.4 is 0 Å². The zero-order chi connectivity index (χ0) is 16.1. The summed E-state index contributed by atoms with van der Waals surface area (Å²) in [4.78, 5) is 23.2. The van der Waals surface area contributed by atoms with Crippen LogP contribution in [-0.4, -0.2) is 35.3 Å². The predicted molar refractivity (Wildman–Crippen MR) is 80.7 cm³/mol. The fourth-order valence-corrected chi connectivity index (χ4v) is 2.22. The van der Waals surface area contributed by atoms with Crippen molar-refractivity contribution in [2.24, 2.45) is 0 Å². The Morgan fingerprint density at radius 3 is 2.73 bits per heavy atom. The molecule has 0 saturated carbocycles. The lowest BCUT2D eigenvalue weighted by Gasteiger charge is -2.06. The second-order valence-electron chi connectivity index (χ2n) is 4.47. The quantitative estimate of drug-likeness (QED) is 0.677. The highest BCUT2D eigenvalue weighted by atomic mass is 16.5. The first kappa shape index (κ1) is 15.6. The van der Waals surface area contributed by atoms with Crippen LogP contribution in [0.25, 0.3) is 10.9 Å². The summed E-state index contributed by atoms with van der Waals surface area (Å²) in [5, 5.41) is 10.8. The summed E-state index contributed by atoms with van der Waals surface area (Å²) in [6.07, 6.45) is 2.85. The highest BCUT2D eigenvalue weighted by molar-refractivity contribution is 6.01. The second-order valence-corrected chi connectivity index (χ2v) is 4.47. The Labute approximate surface area is 127 Å². The molecule has 1 aromatic heterocycles. The van der Waals surface area contributed by atoms with E-state index in [4.69, 9.17) is 9.47 Å². The summed E-state index contributed by atoms with van der Waals surface area (Å²) in [5.41, 5.74) is 0.728. The molecule has 0 radical (unpaired) electrons. The third-order valence-corrected chi connectivity index (χ3v) is 3.15. The minimum atomic E-state index is -0.641. The Balaban J connectivity index is 2.42. The molecule has 2 rings (SSSR count). The van der Waals surface area contributed by atoms with Gasteiger partial charge in [0.1, 0.15) is 0 Å². The van der Waals surface area contributed by atoms with Gasteiger partial charge in [0.25, 0.3) is 0 Å². The number of aromatic nitrogens is 1. The molecular weight excluding hydrogens is 286 g/mol. The molecule has 0 atom stereocenters. The lowest BCUT2D eigenvalue weighted by Crippen LogP contribution is -2.10. The topological polar surface area (TPSA) is 77.8 Å². The first-order chi connectivity index (χ1) is 10.6. The maximum Gasteiger partial charge on any atom is 0.358 e. The van der Waals surface area contributed by atoms with Gasteiger partial charge >= 0.3 is 11.9 Å². The molecule has 6 heteroatoms. The molecule has 0 amide bonds. The van der Waals surface area contributed by atoms with Crippen molar-refractivity contribution in [3.63, 3.8) is 0 Å². The summed E-state index contributed by atoms with van der Waals surface area (Å²) in [7, 11) is 1.25. The molecule has 1 N–H and O–H groups in total. The SMILES string of the molecule is CCOC(=O)/C=C/Cn1c(C(=O)OC)c(O)c2ccccc21. The summed E-state index contributed by atoms with van der Waals surface area (Å²) in [6, 6.07) is 7.05. The standard InChI is InChI=1S/C16H17NO5/c1-3-22-13(18)9-6-10-17-12-8-5-4-7-11(12)15(19)14(17)16(20)21-2/h4-9,19H,3,10H2,1-2H3/b9-6+. The molecule has 2 aromatic rings. The third-order valence-electron chi connectivity index (χ3n) is 3.15. The Hall–Kier alpha value is -2.76. The van der Waals surface area contributed by atoms with Crippen molar-refractivity contribution >= 4 is 22.8 Å². The molecule has 6 nitrogen and oxygen atoms in total. The predicted octanol–water partition coefficient (Wildman–Crippen LogP) is 2.25. The van der Waals surface area contributed by atoms with Crippen LogP contribution in [0, 0.1) is 0 Å². The van der Waals surface area contributed by atoms with E-state index in [0.717, 1.165) is 0 Å².